The first-order valence-electron chi connectivity index (χ1n) is 0.710. The molecule has 0 fully saturated rings. The topological polar surface area (TPSA) is 9.23 Å². The van der Waals surface area contributed by atoms with Crippen LogP contribution in [-0.2, 0) is 3.83 Å². The zero-order chi connectivity index (χ0) is 3.41. The van der Waals surface area contributed by atoms with Crippen molar-refractivity contribution in [2.75, 3.05) is 6.86 Å². The molecule has 0 aliphatic carbocycles. The fraction of sp³-hybridized carbons (Fsp3) is 1.00. The predicted octanol–water partition coefficient (Wildman–Crippen LogP) is 1.24. The molecular weight excluding hydrogens is 127 g/mol. The van der Waals surface area contributed by atoms with Crippen molar-refractivity contribution in [3.63, 3.8) is 0 Å². The normalized spacial score (nSPS) is 7.50. The first-order valence-corrected chi connectivity index (χ1v) is 1.36. The third-order valence-corrected chi connectivity index (χ3v) is 0.214. The Hall–Kier alpha value is 0.370. The van der Waals surface area contributed by atoms with Gasteiger partial charge in [-0.1, -0.05) is 0 Å². The van der Waals surface area contributed by atoms with E-state index in [2.05, 4.69) is 20.1 Å². The lowest BCUT2D eigenvalue weighted by molar-refractivity contribution is 0.239. The Kier molecular flexibility index (Phi) is 3.68. The van der Waals surface area contributed by atoms with Crippen molar-refractivity contribution in [1.29, 1.82) is 0 Å². The van der Waals surface area contributed by atoms with Crippen molar-refractivity contribution in [1.82, 2.24) is 0 Å². The molecule has 0 N–H and O–H groups in total. The van der Waals surface area contributed by atoms with E-state index >= 15 is 0 Å². The average molecular weight is 129 g/mol. The first-order chi connectivity index (χ1) is 1.91. The highest BCUT2D eigenvalue weighted by atomic mass is 79.9. The Morgan fingerprint density at radius 2 is 2.25 bits per heavy atom. The van der Waals surface area contributed by atoms with Crippen LogP contribution in [0.2, 0.25) is 0 Å². The minimum absolute atomic E-state index is 0.764. The highest BCUT2D eigenvalue weighted by molar-refractivity contribution is 9.06. The molecule has 1 nitrogen and oxygen atoms in total. The number of halogens is 2. The number of rotatable bonds is 1. The predicted molar refractivity (Wildman–Crippen MR) is 16.0 cm³/mol. The van der Waals surface area contributed by atoms with E-state index in [4.69, 9.17) is 0 Å². The van der Waals surface area contributed by atoms with E-state index in [0.717, 1.165) is 0 Å². The summed E-state index contributed by atoms with van der Waals surface area (Å²) in [6.45, 7) is -0.764. The van der Waals surface area contributed by atoms with Gasteiger partial charge in [-0.05, 0) is 0 Å². The van der Waals surface area contributed by atoms with Crippen LogP contribution in [0.15, 0.2) is 0 Å². The van der Waals surface area contributed by atoms with Gasteiger partial charge >= 0.3 is 0 Å². The zero-order valence-electron chi connectivity index (χ0n) is 1.87. The molecule has 0 aliphatic heterocycles. The van der Waals surface area contributed by atoms with Crippen LogP contribution < -0.4 is 0 Å². The zero-order valence-corrected chi connectivity index (χ0v) is 3.46. The molecule has 0 aliphatic rings. The molecule has 0 radical (unpaired) electrons. The molecule has 0 heterocycles. The summed E-state index contributed by atoms with van der Waals surface area (Å²) in [6, 6.07) is 0. The third kappa shape index (κ3) is 2.37. The number of hydrogen-bond donors (Lipinski definition) is 0. The largest absolute Gasteiger partial charge is 0.274 e. The molecule has 0 saturated carbocycles. The lowest BCUT2D eigenvalue weighted by Crippen LogP contribution is -1.59. The Morgan fingerprint density at radius 1 is 2.00 bits per heavy atom. The van der Waals surface area contributed by atoms with Crippen molar-refractivity contribution in [3.05, 3.63) is 0 Å². The van der Waals surface area contributed by atoms with Gasteiger partial charge in [0.05, 0.1) is 0 Å². The third-order valence-electron chi connectivity index (χ3n) is 0.0412. The van der Waals surface area contributed by atoms with E-state index in [-0.39, 0.29) is 0 Å². The van der Waals surface area contributed by atoms with Gasteiger partial charge in [-0.25, -0.2) is 4.39 Å². The van der Waals surface area contributed by atoms with Gasteiger partial charge < -0.3 is 0 Å². The van der Waals surface area contributed by atoms with Gasteiger partial charge in [0.2, 0.25) is 6.86 Å². The molecule has 4 heavy (non-hydrogen) atoms. The van der Waals surface area contributed by atoms with Crippen LogP contribution >= 0.6 is 16.3 Å². The van der Waals surface area contributed by atoms with Gasteiger partial charge in [0, 0.05) is 0 Å². The monoisotopic (exact) mass is 128 g/mol. The minimum Gasteiger partial charge on any atom is -0.274 e. The fourth-order valence-electron chi connectivity index (χ4n) is 0. The van der Waals surface area contributed by atoms with Crippen molar-refractivity contribution in [3.8, 4) is 0 Å². The summed E-state index contributed by atoms with van der Waals surface area (Å²) in [7, 11) is 0. The van der Waals surface area contributed by atoms with E-state index < -0.39 is 6.86 Å². The highest BCUT2D eigenvalue weighted by Gasteiger charge is 1.59. The van der Waals surface area contributed by atoms with Crippen molar-refractivity contribution in [2.24, 2.45) is 0 Å². The molecule has 0 amide bonds. The Morgan fingerprint density at radius 3 is 2.25 bits per heavy atom. The first kappa shape index (κ1) is 4.37. The fourth-order valence-corrected chi connectivity index (χ4v) is 0. The molecular formula is CH2BrFO. The summed E-state index contributed by atoms with van der Waals surface area (Å²) in [5.74, 6) is 0. The molecule has 26 valence electrons. The van der Waals surface area contributed by atoms with Crippen LogP contribution in [0, 0.1) is 0 Å². The second-order valence-corrected chi connectivity index (χ2v) is 0.676. The minimum atomic E-state index is -0.764. The van der Waals surface area contributed by atoms with Crippen LogP contribution in [0.4, 0.5) is 4.39 Å². The molecule has 0 rings (SSSR count). The highest BCUT2D eigenvalue weighted by Crippen LogP contribution is 1.79. The second kappa shape index (κ2) is 3.37. The SMILES string of the molecule is FCOBr. The van der Waals surface area contributed by atoms with Gasteiger partial charge in [0.25, 0.3) is 0 Å². The molecule has 0 bridgehead atoms. The van der Waals surface area contributed by atoms with E-state index in [0.29, 0.717) is 0 Å². The molecule has 0 aromatic heterocycles. The Balaban J connectivity index is 1.97. The second-order valence-electron chi connectivity index (χ2n) is 0.218. The molecule has 0 spiro atoms. The number of hydrogen-bond acceptors (Lipinski definition) is 1. The van der Waals surface area contributed by atoms with Crippen LogP contribution in [0.5, 0.6) is 0 Å². The Labute approximate surface area is 32.2 Å². The lowest BCUT2D eigenvalue weighted by atomic mass is 11.6. The van der Waals surface area contributed by atoms with Gasteiger partial charge in [-0.2, -0.15) is 0 Å². The van der Waals surface area contributed by atoms with Crippen LogP contribution in [0.25, 0.3) is 0 Å². The van der Waals surface area contributed by atoms with Crippen LogP contribution in [0.1, 0.15) is 0 Å². The molecule has 3 heteroatoms. The van der Waals surface area contributed by atoms with Gasteiger partial charge in [-0.15, -0.1) is 0 Å². The van der Waals surface area contributed by atoms with E-state index in [9.17, 15) is 4.39 Å². The molecule has 0 aromatic rings. The van der Waals surface area contributed by atoms with Crippen LogP contribution in [0.3, 0.4) is 0 Å². The van der Waals surface area contributed by atoms with E-state index in [1.807, 2.05) is 0 Å². The van der Waals surface area contributed by atoms with E-state index in [1.54, 1.807) is 0 Å². The lowest BCUT2D eigenvalue weighted by Gasteiger charge is -1.68. The van der Waals surface area contributed by atoms with Gasteiger partial charge in [-0.3, -0.25) is 3.83 Å². The van der Waals surface area contributed by atoms with Crippen LogP contribution in [-0.4, -0.2) is 6.86 Å². The maximum absolute atomic E-state index is 10.5. The molecule has 0 atom stereocenters. The van der Waals surface area contributed by atoms with Gasteiger partial charge in [0.15, 0.2) is 0 Å². The van der Waals surface area contributed by atoms with E-state index in [1.165, 1.54) is 0 Å². The molecule has 0 saturated heterocycles. The van der Waals surface area contributed by atoms with Gasteiger partial charge in [0.1, 0.15) is 16.3 Å². The maximum atomic E-state index is 10.5. The molecule has 0 aromatic carbocycles. The summed E-state index contributed by atoms with van der Waals surface area (Å²) in [6.07, 6.45) is 0. The standard InChI is InChI=1S/CH2BrFO/c2-4-1-3/h1H2. The van der Waals surface area contributed by atoms with Crippen molar-refractivity contribution in [2.45, 2.75) is 0 Å². The summed E-state index contributed by atoms with van der Waals surface area (Å²) in [4.78, 5) is 0. The summed E-state index contributed by atoms with van der Waals surface area (Å²) in [5.41, 5.74) is 0. The molecule has 0 unspecified atom stereocenters. The van der Waals surface area contributed by atoms with Crippen molar-refractivity contribution < 1.29 is 8.22 Å². The summed E-state index contributed by atoms with van der Waals surface area (Å²) >= 11 is 2.37. The van der Waals surface area contributed by atoms with Crippen molar-refractivity contribution >= 4 is 16.3 Å². The maximum Gasteiger partial charge on any atom is 0.201 e. The summed E-state index contributed by atoms with van der Waals surface area (Å²) < 4.78 is 14.1. The average Bonchev–Trinajstić information content (AvgIpc) is 1.37. The summed E-state index contributed by atoms with van der Waals surface area (Å²) in [5, 5.41) is 0. The number of alkyl halides is 1. The quantitative estimate of drug-likeness (QED) is 0.517. The smallest absolute Gasteiger partial charge is 0.201 e. The Bertz CT molecular complexity index is 10.0.